The van der Waals surface area contributed by atoms with Gasteiger partial charge in [0.2, 0.25) is 0 Å². The maximum absolute atomic E-state index is 13.3. The summed E-state index contributed by atoms with van der Waals surface area (Å²) in [7, 11) is 0. The zero-order valence-electron chi connectivity index (χ0n) is 9.43. The maximum atomic E-state index is 13.3. The van der Waals surface area contributed by atoms with Gasteiger partial charge in [-0.15, -0.1) is 0 Å². The lowest BCUT2D eigenvalue weighted by atomic mass is 10.1. The minimum Gasteiger partial charge on any atom is -0.314 e. The number of benzene rings is 1. The summed E-state index contributed by atoms with van der Waals surface area (Å²) in [6.45, 7) is 3.12. The second-order valence-corrected chi connectivity index (χ2v) is 5.44. The van der Waals surface area contributed by atoms with Gasteiger partial charge in [-0.25, -0.2) is 4.39 Å². The Labute approximate surface area is 114 Å². The number of hydrogen-bond donors (Lipinski definition) is 1. The molecule has 0 radical (unpaired) electrons. The molecule has 0 spiro atoms. The largest absolute Gasteiger partial charge is 0.314 e. The number of nitrogens with one attached hydrogen (secondary N) is 1. The molecule has 17 heavy (non-hydrogen) atoms. The number of alkyl halides is 1. The summed E-state index contributed by atoms with van der Waals surface area (Å²) in [6, 6.07) is 5.36. The van der Waals surface area contributed by atoms with Gasteiger partial charge in [0.15, 0.2) is 0 Å². The molecule has 1 atom stereocenters. The van der Waals surface area contributed by atoms with Crippen molar-refractivity contribution < 1.29 is 4.39 Å². The van der Waals surface area contributed by atoms with Crippen LogP contribution in [0.15, 0.2) is 22.7 Å². The summed E-state index contributed by atoms with van der Waals surface area (Å²) in [5.41, 5.74) is 0.866. The minimum atomic E-state index is -0.407. The number of halogens is 3. The predicted octanol–water partition coefficient (Wildman–Crippen LogP) is 3.02. The molecule has 0 aliphatic carbocycles. The molecular weight excluding hydrogens is 307 g/mol. The normalized spacial score (nSPS) is 19.2. The third kappa shape index (κ3) is 3.19. The summed E-state index contributed by atoms with van der Waals surface area (Å²) < 4.78 is 14.2. The molecule has 0 aromatic heterocycles. The molecule has 1 N–H and O–H groups in total. The topological polar surface area (TPSA) is 15.3 Å². The molecule has 1 heterocycles. The number of rotatable bonds is 3. The molecule has 94 valence electrons. The first kappa shape index (κ1) is 13.3. The fourth-order valence-electron chi connectivity index (χ4n) is 2.14. The van der Waals surface area contributed by atoms with E-state index in [0.717, 1.165) is 36.2 Å². The predicted molar refractivity (Wildman–Crippen MR) is 72.3 cm³/mol. The van der Waals surface area contributed by atoms with Gasteiger partial charge in [-0.1, -0.05) is 27.5 Å². The van der Waals surface area contributed by atoms with Crippen molar-refractivity contribution in [3.8, 4) is 0 Å². The number of nitrogens with zero attached hydrogens (tertiary/aromatic N) is 1. The minimum absolute atomic E-state index is 0.234. The van der Waals surface area contributed by atoms with Crippen LogP contribution in [0.2, 0.25) is 5.02 Å². The van der Waals surface area contributed by atoms with Gasteiger partial charge >= 0.3 is 0 Å². The first-order chi connectivity index (χ1) is 8.22. The molecular formula is C12H15BrClFN2. The van der Waals surface area contributed by atoms with E-state index in [0.29, 0.717) is 5.02 Å². The highest BCUT2D eigenvalue weighted by molar-refractivity contribution is 9.10. The monoisotopic (exact) mass is 320 g/mol. The van der Waals surface area contributed by atoms with Crippen molar-refractivity contribution >= 4 is 27.5 Å². The van der Waals surface area contributed by atoms with Crippen LogP contribution in [0.3, 0.4) is 0 Å². The maximum Gasteiger partial charge on any atom is 0.109 e. The van der Waals surface area contributed by atoms with E-state index in [4.69, 9.17) is 11.6 Å². The third-order valence-corrected chi connectivity index (χ3v) is 3.89. The molecule has 1 aromatic rings. The zero-order valence-corrected chi connectivity index (χ0v) is 11.8. The summed E-state index contributed by atoms with van der Waals surface area (Å²) in [5.74, 6) is 0. The highest BCUT2D eigenvalue weighted by Crippen LogP contribution is 2.30. The lowest BCUT2D eigenvalue weighted by Gasteiger charge is -2.34. The van der Waals surface area contributed by atoms with Crippen LogP contribution in [0, 0.1) is 0 Å². The molecule has 1 aliphatic rings. The van der Waals surface area contributed by atoms with Gasteiger partial charge in [0.1, 0.15) is 6.67 Å². The SMILES string of the molecule is FC[C@H](c1cc(Br)ccc1Cl)N1CCNCC1. The Morgan fingerprint density at radius 2 is 2.12 bits per heavy atom. The van der Waals surface area contributed by atoms with Gasteiger partial charge in [-0.05, 0) is 23.8 Å². The summed E-state index contributed by atoms with van der Waals surface area (Å²) in [5, 5.41) is 3.90. The first-order valence-corrected chi connectivity index (χ1v) is 6.85. The van der Waals surface area contributed by atoms with E-state index in [1.165, 1.54) is 0 Å². The summed E-state index contributed by atoms with van der Waals surface area (Å²) >= 11 is 9.57. The molecule has 1 fully saturated rings. The van der Waals surface area contributed by atoms with Crippen molar-refractivity contribution in [3.63, 3.8) is 0 Å². The molecule has 2 rings (SSSR count). The molecule has 1 aromatic carbocycles. The Bertz CT molecular complexity index is 383. The fraction of sp³-hybridized carbons (Fsp3) is 0.500. The molecule has 2 nitrogen and oxygen atoms in total. The van der Waals surface area contributed by atoms with E-state index in [2.05, 4.69) is 26.1 Å². The van der Waals surface area contributed by atoms with Crippen molar-refractivity contribution in [1.82, 2.24) is 10.2 Å². The van der Waals surface area contributed by atoms with Crippen LogP contribution in [0.25, 0.3) is 0 Å². The zero-order chi connectivity index (χ0) is 12.3. The highest BCUT2D eigenvalue weighted by Gasteiger charge is 2.24. The second kappa shape index (κ2) is 6.14. The van der Waals surface area contributed by atoms with Crippen molar-refractivity contribution in [3.05, 3.63) is 33.3 Å². The lowest BCUT2D eigenvalue weighted by molar-refractivity contribution is 0.147. The van der Waals surface area contributed by atoms with Gasteiger partial charge < -0.3 is 5.32 Å². The van der Waals surface area contributed by atoms with Gasteiger partial charge in [-0.3, -0.25) is 4.90 Å². The van der Waals surface area contributed by atoms with Crippen molar-refractivity contribution in [1.29, 1.82) is 0 Å². The van der Waals surface area contributed by atoms with Gasteiger partial charge in [0.25, 0.3) is 0 Å². The van der Waals surface area contributed by atoms with Crippen molar-refractivity contribution in [2.45, 2.75) is 6.04 Å². The van der Waals surface area contributed by atoms with Crippen LogP contribution in [0.1, 0.15) is 11.6 Å². The Morgan fingerprint density at radius 3 is 2.76 bits per heavy atom. The van der Waals surface area contributed by atoms with Crippen LogP contribution in [-0.4, -0.2) is 37.8 Å². The third-order valence-electron chi connectivity index (χ3n) is 3.06. The van der Waals surface area contributed by atoms with E-state index in [1.807, 2.05) is 18.2 Å². The van der Waals surface area contributed by atoms with Crippen LogP contribution in [0.5, 0.6) is 0 Å². The van der Waals surface area contributed by atoms with Crippen LogP contribution in [-0.2, 0) is 0 Å². The molecule has 5 heteroatoms. The van der Waals surface area contributed by atoms with E-state index in [9.17, 15) is 4.39 Å². The number of hydrogen-bond acceptors (Lipinski definition) is 2. The Balaban J connectivity index is 2.24. The second-order valence-electron chi connectivity index (χ2n) is 4.12. The first-order valence-electron chi connectivity index (χ1n) is 5.68. The van der Waals surface area contributed by atoms with Crippen molar-refractivity contribution in [2.75, 3.05) is 32.9 Å². The average molecular weight is 322 g/mol. The molecule has 1 aliphatic heterocycles. The van der Waals surface area contributed by atoms with E-state index in [1.54, 1.807) is 0 Å². The van der Waals surface area contributed by atoms with E-state index >= 15 is 0 Å². The van der Waals surface area contributed by atoms with Gasteiger partial charge in [0, 0.05) is 35.7 Å². The molecule has 0 unspecified atom stereocenters. The van der Waals surface area contributed by atoms with Crippen molar-refractivity contribution in [2.24, 2.45) is 0 Å². The molecule has 0 saturated carbocycles. The lowest BCUT2D eigenvalue weighted by Crippen LogP contribution is -2.45. The Kier molecular flexibility index (Phi) is 4.79. The Hall–Kier alpha value is -0.160. The summed E-state index contributed by atoms with van der Waals surface area (Å²) in [6.07, 6.45) is 0. The highest BCUT2D eigenvalue weighted by atomic mass is 79.9. The molecule has 0 bridgehead atoms. The van der Waals surface area contributed by atoms with Crippen LogP contribution in [0.4, 0.5) is 4.39 Å². The standard InChI is InChI=1S/C12H15BrClFN2/c13-9-1-2-11(14)10(7-9)12(8-15)17-5-3-16-4-6-17/h1-2,7,12,16H,3-6,8H2/t12-/m1/s1. The van der Waals surface area contributed by atoms with Gasteiger partial charge in [-0.2, -0.15) is 0 Å². The van der Waals surface area contributed by atoms with E-state index in [-0.39, 0.29) is 6.04 Å². The Morgan fingerprint density at radius 1 is 1.41 bits per heavy atom. The van der Waals surface area contributed by atoms with Crippen LogP contribution >= 0.6 is 27.5 Å². The van der Waals surface area contributed by atoms with Crippen LogP contribution < -0.4 is 5.32 Å². The quantitative estimate of drug-likeness (QED) is 0.920. The van der Waals surface area contributed by atoms with Gasteiger partial charge in [0.05, 0.1) is 6.04 Å². The summed E-state index contributed by atoms with van der Waals surface area (Å²) in [4.78, 5) is 2.14. The average Bonchev–Trinajstić information content (AvgIpc) is 2.36. The van der Waals surface area contributed by atoms with E-state index < -0.39 is 6.67 Å². The smallest absolute Gasteiger partial charge is 0.109 e. The fourth-order valence-corrected chi connectivity index (χ4v) is 2.76. The number of piperazine rings is 1. The molecule has 0 amide bonds. The molecule has 1 saturated heterocycles.